The Labute approximate surface area is 132 Å². The van der Waals surface area contributed by atoms with Crippen LogP contribution < -0.4 is 5.32 Å². The van der Waals surface area contributed by atoms with Gasteiger partial charge in [-0.25, -0.2) is 9.78 Å². The van der Waals surface area contributed by atoms with Crippen molar-refractivity contribution >= 4 is 23.8 Å². The summed E-state index contributed by atoms with van der Waals surface area (Å²) < 4.78 is 18.0. The van der Waals surface area contributed by atoms with Crippen LogP contribution in [0.3, 0.4) is 0 Å². The molecule has 0 unspecified atom stereocenters. The van der Waals surface area contributed by atoms with E-state index in [1.807, 2.05) is 30.3 Å². The second kappa shape index (κ2) is 8.14. The lowest BCUT2D eigenvalue weighted by Gasteiger charge is -2.05. The predicted octanol–water partition coefficient (Wildman–Crippen LogP) is 3.81. The van der Waals surface area contributed by atoms with Crippen LogP contribution in [0.4, 0.5) is 9.18 Å². The molecule has 0 fully saturated rings. The van der Waals surface area contributed by atoms with Crippen LogP contribution in [0.1, 0.15) is 11.1 Å². The van der Waals surface area contributed by atoms with E-state index in [2.05, 4.69) is 10.3 Å². The molecular weight excluding hydrogens is 307 g/mol. The van der Waals surface area contributed by atoms with Gasteiger partial charge in [-0.05, 0) is 11.1 Å². The van der Waals surface area contributed by atoms with Crippen LogP contribution in [0.5, 0.6) is 0 Å². The lowest BCUT2D eigenvalue weighted by molar-refractivity contribution is 0.141. The average Bonchev–Trinajstić information content (AvgIpc) is 2.53. The van der Waals surface area contributed by atoms with Gasteiger partial charge in [0, 0.05) is 18.8 Å². The summed E-state index contributed by atoms with van der Waals surface area (Å²) in [5.74, 6) is -0.612. The van der Waals surface area contributed by atoms with E-state index in [9.17, 15) is 9.18 Å². The molecule has 6 heteroatoms. The zero-order valence-electron chi connectivity index (χ0n) is 11.6. The monoisotopic (exact) mass is 320 g/mol. The molecule has 0 aliphatic heterocycles. The van der Waals surface area contributed by atoms with E-state index in [-0.39, 0.29) is 13.2 Å². The molecule has 0 aliphatic carbocycles. The molecule has 0 spiro atoms. The van der Waals surface area contributed by atoms with Gasteiger partial charge in [-0.2, -0.15) is 4.39 Å². The summed E-state index contributed by atoms with van der Waals surface area (Å²) in [5, 5.41) is 2.89. The number of amides is 1. The molecule has 22 heavy (non-hydrogen) atoms. The fourth-order valence-corrected chi connectivity index (χ4v) is 1.82. The van der Waals surface area contributed by atoms with Crippen molar-refractivity contribution in [1.82, 2.24) is 10.3 Å². The number of hydrogen-bond donors (Lipinski definition) is 1. The number of benzene rings is 1. The summed E-state index contributed by atoms with van der Waals surface area (Å²) >= 11 is 5.86. The van der Waals surface area contributed by atoms with Crippen LogP contribution in [-0.2, 0) is 11.3 Å². The third kappa shape index (κ3) is 5.18. The Morgan fingerprint density at radius 2 is 2.14 bits per heavy atom. The van der Waals surface area contributed by atoms with Crippen molar-refractivity contribution in [3.63, 3.8) is 0 Å². The first-order valence-corrected chi connectivity index (χ1v) is 6.95. The summed E-state index contributed by atoms with van der Waals surface area (Å²) in [6.45, 7) is 0.450. The van der Waals surface area contributed by atoms with Crippen LogP contribution in [0.2, 0.25) is 5.02 Å². The second-order valence-electron chi connectivity index (χ2n) is 4.37. The van der Waals surface area contributed by atoms with E-state index in [0.717, 1.165) is 5.56 Å². The van der Waals surface area contributed by atoms with Crippen LogP contribution in [0.15, 0.2) is 48.7 Å². The molecule has 114 valence electrons. The Kier molecular flexibility index (Phi) is 5.91. The van der Waals surface area contributed by atoms with Gasteiger partial charge in [-0.1, -0.05) is 54.1 Å². The molecule has 1 aromatic carbocycles. The Balaban J connectivity index is 1.75. The number of alkyl carbamates (subject to hydrolysis) is 1. The third-order valence-corrected chi connectivity index (χ3v) is 3.04. The minimum absolute atomic E-state index is 0.206. The predicted molar refractivity (Wildman–Crippen MR) is 82.9 cm³/mol. The normalized spacial score (nSPS) is 10.6. The quantitative estimate of drug-likeness (QED) is 0.852. The van der Waals surface area contributed by atoms with Crippen molar-refractivity contribution in [2.45, 2.75) is 6.61 Å². The van der Waals surface area contributed by atoms with Crippen molar-refractivity contribution < 1.29 is 13.9 Å². The molecule has 0 radical (unpaired) electrons. The van der Waals surface area contributed by atoms with Gasteiger partial charge in [0.15, 0.2) is 0 Å². The number of halogens is 2. The van der Waals surface area contributed by atoms with Crippen molar-refractivity contribution in [3.8, 4) is 0 Å². The first kappa shape index (κ1) is 16.0. The molecule has 2 aromatic rings. The summed E-state index contributed by atoms with van der Waals surface area (Å²) in [7, 11) is 0. The lowest BCUT2D eigenvalue weighted by atomic mass is 10.2. The number of nitrogens with zero attached hydrogens (tertiary/aromatic N) is 1. The van der Waals surface area contributed by atoms with Crippen molar-refractivity contribution in [2.75, 3.05) is 6.54 Å². The molecule has 1 amide bonds. The zero-order chi connectivity index (χ0) is 15.8. The molecule has 1 aromatic heterocycles. The molecule has 1 N–H and O–H groups in total. The summed E-state index contributed by atoms with van der Waals surface area (Å²) in [6, 6.07) is 10.6. The molecule has 0 atom stereocenters. The maximum atomic E-state index is 13.0. The summed E-state index contributed by atoms with van der Waals surface area (Å²) in [6.07, 6.45) is 3.95. The highest BCUT2D eigenvalue weighted by atomic mass is 35.5. The smallest absolute Gasteiger partial charge is 0.407 e. The van der Waals surface area contributed by atoms with Gasteiger partial charge in [0.25, 0.3) is 0 Å². The Hall–Kier alpha value is -2.40. The molecule has 0 bridgehead atoms. The van der Waals surface area contributed by atoms with Gasteiger partial charge in [-0.3, -0.25) is 0 Å². The summed E-state index contributed by atoms with van der Waals surface area (Å²) in [4.78, 5) is 14.9. The highest BCUT2D eigenvalue weighted by Gasteiger charge is 2.01. The molecule has 2 rings (SSSR count). The number of rotatable bonds is 5. The number of hydrogen-bond acceptors (Lipinski definition) is 3. The maximum Gasteiger partial charge on any atom is 0.407 e. The Morgan fingerprint density at radius 1 is 1.36 bits per heavy atom. The van der Waals surface area contributed by atoms with E-state index >= 15 is 0 Å². The topological polar surface area (TPSA) is 51.2 Å². The van der Waals surface area contributed by atoms with E-state index in [4.69, 9.17) is 16.3 Å². The first-order chi connectivity index (χ1) is 10.6. The van der Waals surface area contributed by atoms with Crippen LogP contribution in [0, 0.1) is 5.95 Å². The molecular formula is C16H14ClFN2O2. The van der Waals surface area contributed by atoms with Crippen LogP contribution >= 0.6 is 11.6 Å². The van der Waals surface area contributed by atoms with E-state index < -0.39 is 12.0 Å². The van der Waals surface area contributed by atoms with E-state index in [1.54, 1.807) is 12.2 Å². The Bertz CT molecular complexity index is 662. The SMILES string of the molecule is O=C(NCC=Cc1cc(F)ncc1Cl)OCc1ccccc1. The van der Waals surface area contributed by atoms with Gasteiger partial charge in [0.2, 0.25) is 5.95 Å². The highest BCUT2D eigenvalue weighted by molar-refractivity contribution is 6.31. The van der Waals surface area contributed by atoms with Crippen LogP contribution in [-0.4, -0.2) is 17.6 Å². The molecule has 0 aliphatic rings. The van der Waals surface area contributed by atoms with Crippen molar-refractivity contribution in [1.29, 1.82) is 0 Å². The number of pyridine rings is 1. The standard InChI is InChI=1S/C16H14ClFN2O2/c17-14-10-20-15(18)9-13(14)7-4-8-19-16(21)22-11-12-5-2-1-3-6-12/h1-7,9-10H,8,11H2,(H,19,21). The van der Waals surface area contributed by atoms with E-state index in [1.165, 1.54) is 12.3 Å². The minimum atomic E-state index is -0.612. The maximum absolute atomic E-state index is 13.0. The Morgan fingerprint density at radius 3 is 2.91 bits per heavy atom. The minimum Gasteiger partial charge on any atom is -0.445 e. The average molecular weight is 321 g/mol. The number of nitrogens with one attached hydrogen (secondary N) is 1. The third-order valence-electron chi connectivity index (χ3n) is 2.73. The molecule has 1 heterocycles. The number of aromatic nitrogens is 1. The largest absolute Gasteiger partial charge is 0.445 e. The molecule has 0 saturated carbocycles. The molecule has 4 nitrogen and oxygen atoms in total. The highest BCUT2D eigenvalue weighted by Crippen LogP contribution is 2.16. The van der Waals surface area contributed by atoms with Crippen molar-refractivity contribution in [2.24, 2.45) is 0 Å². The lowest BCUT2D eigenvalue weighted by Crippen LogP contribution is -2.24. The van der Waals surface area contributed by atoms with E-state index in [0.29, 0.717) is 10.6 Å². The van der Waals surface area contributed by atoms with Gasteiger partial charge in [-0.15, -0.1) is 0 Å². The first-order valence-electron chi connectivity index (χ1n) is 6.57. The van der Waals surface area contributed by atoms with Gasteiger partial charge in [0.05, 0.1) is 5.02 Å². The fourth-order valence-electron chi connectivity index (χ4n) is 1.66. The van der Waals surface area contributed by atoms with Gasteiger partial charge < -0.3 is 10.1 Å². The number of ether oxygens (including phenoxy) is 1. The fraction of sp³-hybridized carbons (Fsp3) is 0.125. The van der Waals surface area contributed by atoms with Gasteiger partial charge >= 0.3 is 6.09 Å². The van der Waals surface area contributed by atoms with Crippen molar-refractivity contribution in [3.05, 3.63) is 70.8 Å². The number of carbonyl (C=O) groups excluding carboxylic acids is 1. The second-order valence-corrected chi connectivity index (χ2v) is 4.78. The number of carbonyl (C=O) groups is 1. The summed E-state index contributed by atoms with van der Waals surface area (Å²) in [5.41, 5.74) is 1.40. The molecule has 0 saturated heterocycles. The van der Waals surface area contributed by atoms with Crippen LogP contribution in [0.25, 0.3) is 6.08 Å². The van der Waals surface area contributed by atoms with Gasteiger partial charge in [0.1, 0.15) is 6.61 Å². The zero-order valence-corrected chi connectivity index (χ0v) is 12.4.